The van der Waals surface area contributed by atoms with Gasteiger partial charge in [-0.25, -0.2) is 0 Å². The Labute approximate surface area is 232 Å². The third-order valence-corrected chi connectivity index (χ3v) is 7.81. The Morgan fingerprint density at radius 3 is 1.62 bits per heavy atom. The lowest BCUT2D eigenvalue weighted by atomic mass is 9.96. The number of rotatable bonds is 4. The van der Waals surface area contributed by atoms with Gasteiger partial charge in [0.2, 0.25) is 0 Å². The van der Waals surface area contributed by atoms with E-state index in [1.807, 2.05) is 24.3 Å². The topological polar surface area (TPSA) is 25.2 Å². The maximum absolute atomic E-state index is 5.97. The number of hydrogen-bond donors (Lipinski definition) is 1. The largest absolute Gasteiger partial charge is 0.456 e. The summed E-state index contributed by atoms with van der Waals surface area (Å²) in [6.45, 7) is 0. The number of nitrogens with one attached hydrogen (secondary N) is 1. The molecule has 0 aliphatic heterocycles. The molecule has 0 fully saturated rings. The highest BCUT2D eigenvalue weighted by Crippen LogP contribution is 2.33. The van der Waals surface area contributed by atoms with E-state index in [1.54, 1.807) is 0 Å². The average Bonchev–Trinajstić information content (AvgIpc) is 3.39. The van der Waals surface area contributed by atoms with Gasteiger partial charge in [-0.15, -0.1) is 0 Å². The molecule has 0 bridgehead atoms. The monoisotopic (exact) mass is 511 g/mol. The zero-order valence-electron chi connectivity index (χ0n) is 21.8. The van der Waals surface area contributed by atoms with Gasteiger partial charge < -0.3 is 9.73 Å². The van der Waals surface area contributed by atoms with Gasteiger partial charge in [0.05, 0.1) is 0 Å². The second kappa shape index (κ2) is 9.14. The van der Waals surface area contributed by atoms with E-state index in [0.29, 0.717) is 0 Å². The van der Waals surface area contributed by atoms with E-state index in [1.165, 1.54) is 43.8 Å². The van der Waals surface area contributed by atoms with Gasteiger partial charge in [-0.2, -0.15) is 0 Å². The van der Waals surface area contributed by atoms with Crippen molar-refractivity contribution in [2.24, 2.45) is 0 Å². The SMILES string of the molecule is c1ccc2cc(-c3ccc4cc(-c5ccc(Nc6ccc7oc8ccccc8c7c6)cc5)ccc4c3)ccc2c1. The normalized spacial score (nSPS) is 11.5. The summed E-state index contributed by atoms with van der Waals surface area (Å²) in [6.07, 6.45) is 0. The quantitative estimate of drug-likeness (QED) is 0.254. The third-order valence-electron chi connectivity index (χ3n) is 7.81. The Morgan fingerprint density at radius 1 is 0.350 bits per heavy atom. The second-order valence-electron chi connectivity index (χ2n) is 10.4. The van der Waals surface area contributed by atoms with Crippen molar-refractivity contribution in [3.8, 4) is 22.3 Å². The molecular weight excluding hydrogens is 486 g/mol. The molecular formula is C38H25NO. The molecule has 0 spiro atoms. The Kier molecular flexibility index (Phi) is 5.17. The van der Waals surface area contributed by atoms with Crippen molar-refractivity contribution in [3.05, 3.63) is 146 Å². The second-order valence-corrected chi connectivity index (χ2v) is 10.4. The van der Waals surface area contributed by atoms with Crippen LogP contribution in [0.5, 0.6) is 0 Å². The molecule has 1 N–H and O–H groups in total. The van der Waals surface area contributed by atoms with Crippen LogP contribution in [-0.4, -0.2) is 0 Å². The molecule has 7 aromatic carbocycles. The Morgan fingerprint density at radius 2 is 0.875 bits per heavy atom. The predicted molar refractivity (Wildman–Crippen MR) is 169 cm³/mol. The zero-order chi connectivity index (χ0) is 26.5. The predicted octanol–water partition coefficient (Wildman–Crippen LogP) is 11.0. The van der Waals surface area contributed by atoms with Gasteiger partial charge in [-0.3, -0.25) is 0 Å². The van der Waals surface area contributed by atoms with E-state index in [2.05, 4.69) is 127 Å². The van der Waals surface area contributed by atoms with E-state index in [-0.39, 0.29) is 0 Å². The first-order valence-corrected chi connectivity index (χ1v) is 13.6. The van der Waals surface area contributed by atoms with Crippen molar-refractivity contribution in [1.82, 2.24) is 0 Å². The van der Waals surface area contributed by atoms with Gasteiger partial charge in [0.15, 0.2) is 0 Å². The van der Waals surface area contributed by atoms with Gasteiger partial charge in [0.1, 0.15) is 11.2 Å². The summed E-state index contributed by atoms with van der Waals surface area (Å²) in [5, 5.41) is 10.8. The fraction of sp³-hybridized carbons (Fsp3) is 0. The summed E-state index contributed by atoms with van der Waals surface area (Å²) >= 11 is 0. The molecule has 8 rings (SSSR count). The minimum atomic E-state index is 0.905. The average molecular weight is 512 g/mol. The van der Waals surface area contributed by atoms with Gasteiger partial charge in [-0.05, 0) is 98.4 Å². The van der Waals surface area contributed by atoms with Crippen LogP contribution in [0.4, 0.5) is 11.4 Å². The molecule has 188 valence electrons. The van der Waals surface area contributed by atoms with Crippen LogP contribution in [0.1, 0.15) is 0 Å². The molecule has 0 aliphatic carbocycles. The standard InChI is InChI=1S/C38H25NO/c1-2-6-27-21-29(10-9-25(27)5-1)32-14-13-30-22-28(11-12-31(30)23-32)26-15-17-33(18-16-26)39-34-19-20-38-36(24-34)35-7-3-4-8-37(35)40-38/h1-24,39H. The zero-order valence-corrected chi connectivity index (χ0v) is 21.8. The van der Waals surface area contributed by atoms with Crippen molar-refractivity contribution in [3.63, 3.8) is 0 Å². The Bertz CT molecular complexity index is 2190. The van der Waals surface area contributed by atoms with Crippen molar-refractivity contribution in [2.75, 3.05) is 5.32 Å². The molecule has 2 nitrogen and oxygen atoms in total. The highest BCUT2D eigenvalue weighted by molar-refractivity contribution is 6.06. The number of para-hydroxylation sites is 1. The van der Waals surface area contributed by atoms with E-state index in [4.69, 9.17) is 4.42 Å². The van der Waals surface area contributed by atoms with Crippen LogP contribution >= 0.6 is 0 Å². The van der Waals surface area contributed by atoms with Crippen LogP contribution in [0, 0.1) is 0 Å². The maximum atomic E-state index is 5.97. The smallest absolute Gasteiger partial charge is 0.135 e. The minimum absolute atomic E-state index is 0.905. The summed E-state index contributed by atoms with van der Waals surface area (Å²) < 4.78 is 5.97. The first kappa shape index (κ1) is 22.6. The summed E-state index contributed by atoms with van der Waals surface area (Å²) in [5.74, 6) is 0. The molecule has 40 heavy (non-hydrogen) atoms. The molecule has 0 radical (unpaired) electrons. The number of anilines is 2. The molecule has 0 unspecified atom stereocenters. The van der Waals surface area contributed by atoms with Crippen molar-refractivity contribution >= 4 is 54.9 Å². The van der Waals surface area contributed by atoms with Crippen LogP contribution in [0.3, 0.4) is 0 Å². The molecule has 8 aromatic rings. The van der Waals surface area contributed by atoms with Crippen molar-refractivity contribution < 1.29 is 4.42 Å². The van der Waals surface area contributed by atoms with E-state index in [0.717, 1.165) is 33.3 Å². The summed E-state index contributed by atoms with van der Waals surface area (Å²) in [4.78, 5) is 0. The van der Waals surface area contributed by atoms with Crippen molar-refractivity contribution in [2.45, 2.75) is 0 Å². The Balaban J connectivity index is 1.05. The molecule has 0 saturated heterocycles. The number of fused-ring (bicyclic) bond motifs is 5. The van der Waals surface area contributed by atoms with Crippen LogP contribution in [0.25, 0.3) is 65.7 Å². The van der Waals surface area contributed by atoms with E-state index >= 15 is 0 Å². The fourth-order valence-electron chi connectivity index (χ4n) is 5.69. The molecule has 2 heteroatoms. The van der Waals surface area contributed by atoms with Crippen molar-refractivity contribution in [1.29, 1.82) is 0 Å². The lowest BCUT2D eigenvalue weighted by Gasteiger charge is -2.10. The van der Waals surface area contributed by atoms with Crippen LogP contribution < -0.4 is 5.32 Å². The van der Waals surface area contributed by atoms with Crippen LogP contribution in [0.15, 0.2) is 150 Å². The molecule has 1 aromatic heterocycles. The molecule has 0 saturated carbocycles. The van der Waals surface area contributed by atoms with Gasteiger partial charge >= 0.3 is 0 Å². The molecule has 0 atom stereocenters. The highest BCUT2D eigenvalue weighted by Gasteiger charge is 2.08. The van der Waals surface area contributed by atoms with Gasteiger partial charge in [0.25, 0.3) is 0 Å². The first-order chi connectivity index (χ1) is 19.8. The summed E-state index contributed by atoms with van der Waals surface area (Å²) in [7, 11) is 0. The first-order valence-electron chi connectivity index (χ1n) is 13.6. The third kappa shape index (κ3) is 3.98. The summed E-state index contributed by atoms with van der Waals surface area (Å²) in [5.41, 5.74) is 8.81. The Hall–Kier alpha value is -5.34. The number of benzene rings is 7. The van der Waals surface area contributed by atoms with Gasteiger partial charge in [0, 0.05) is 22.1 Å². The highest BCUT2D eigenvalue weighted by atomic mass is 16.3. The van der Waals surface area contributed by atoms with E-state index in [9.17, 15) is 0 Å². The lowest BCUT2D eigenvalue weighted by Crippen LogP contribution is -1.90. The molecule has 1 heterocycles. The number of furan rings is 1. The maximum Gasteiger partial charge on any atom is 0.135 e. The van der Waals surface area contributed by atoms with Crippen LogP contribution in [-0.2, 0) is 0 Å². The lowest BCUT2D eigenvalue weighted by molar-refractivity contribution is 0.669. The van der Waals surface area contributed by atoms with E-state index < -0.39 is 0 Å². The molecule has 0 aliphatic rings. The summed E-state index contributed by atoms with van der Waals surface area (Å²) in [6, 6.07) is 51.7. The number of hydrogen-bond acceptors (Lipinski definition) is 2. The molecule has 0 amide bonds. The fourth-order valence-corrected chi connectivity index (χ4v) is 5.69. The minimum Gasteiger partial charge on any atom is -0.456 e. The van der Waals surface area contributed by atoms with Crippen LogP contribution in [0.2, 0.25) is 0 Å². The van der Waals surface area contributed by atoms with Gasteiger partial charge in [-0.1, -0.05) is 91.0 Å².